The zero-order chi connectivity index (χ0) is 10.7. The van der Waals surface area contributed by atoms with E-state index in [9.17, 15) is 9.59 Å². The summed E-state index contributed by atoms with van der Waals surface area (Å²) in [6.07, 6.45) is 1.65. The van der Waals surface area contributed by atoms with E-state index in [1.54, 1.807) is 12.3 Å². The lowest BCUT2D eigenvalue weighted by atomic mass is 10.1. The summed E-state index contributed by atoms with van der Waals surface area (Å²) < 4.78 is 1.46. The minimum atomic E-state index is -0.0577. The van der Waals surface area contributed by atoms with Crippen LogP contribution in [-0.4, -0.2) is 10.4 Å². The highest BCUT2D eigenvalue weighted by atomic mass is 16.1. The molecule has 0 N–H and O–H groups in total. The van der Waals surface area contributed by atoms with Gasteiger partial charge in [0.2, 0.25) is 0 Å². The molecule has 0 saturated carbocycles. The maximum Gasteiger partial charge on any atom is 0.254 e. The van der Waals surface area contributed by atoms with E-state index in [1.165, 1.54) is 11.5 Å². The van der Waals surface area contributed by atoms with Gasteiger partial charge in [0.15, 0.2) is 0 Å². The molecule has 0 bridgehead atoms. The molecule has 1 aromatic rings. The lowest BCUT2D eigenvalue weighted by Gasteiger charge is -2.08. The number of pyridine rings is 1. The first kappa shape index (κ1) is 10.7. The van der Waals surface area contributed by atoms with Crippen LogP contribution in [0.3, 0.4) is 0 Å². The van der Waals surface area contributed by atoms with E-state index >= 15 is 0 Å². The van der Waals surface area contributed by atoms with Crippen molar-refractivity contribution in [3.05, 3.63) is 34.2 Å². The lowest BCUT2D eigenvalue weighted by Crippen LogP contribution is -2.25. The lowest BCUT2D eigenvalue weighted by molar-refractivity contribution is -0.117. The fraction of sp³-hybridized carbons (Fsp3) is 0.455. The van der Waals surface area contributed by atoms with Crippen LogP contribution in [0.4, 0.5) is 0 Å². The molecule has 76 valence electrons. The predicted molar refractivity (Wildman–Crippen MR) is 55.5 cm³/mol. The van der Waals surface area contributed by atoms with E-state index in [-0.39, 0.29) is 23.8 Å². The highest BCUT2D eigenvalue weighted by Gasteiger charge is 2.07. The van der Waals surface area contributed by atoms with Crippen LogP contribution in [0.25, 0.3) is 0 Å². The maximum absolute atomic E-state index is 11.8. The van der Waals surface area contributed by atoms with Gasteiger partial charge in [0, 0.05) is 11.8 Å². The Balaban J connectivity index is 3.14. The molecule has 0 aliphatic heterocycles. The topological polar surface area (TPSA) is 39.1 Å². The molecule has 0 fully saturated rings. The molecule has 3 heteroatoms. The molecule has 0 aliphatic rings. The van der Waals surface area contributed by atoms with E-state index in [4.69, 9.17) is 0 Å². The Kier molecular flexibility index (Phi) is 3.23. The number of Topliss-reactive ketones (excluding diaryl/α,β-unsaturated/α-hetero) is 1. The van der Waals surface area contributed by atoms with Gasteiger partial charge in [-0.3, -0.25) is 9.59 Å². The fourth-order valence-electron chi connectivity index (χ4n) is 1.36. The standard InChI is InChI=1S/C11H15NO2/c1-8(2)10-5-4-6-12(11(10)14)7-9(3)13/h4-6,8H,7H2,1-3H3. The number of hydrogen-bond acceptors (Lipinski definition) is 2. The van der Waals surface area contributed by atoms with Crippen molar-refractivity contribution in [2.45, 2.75) is 33.2 Å². The van der Waals surface area contributed by atoms with Crippen LogP contribution in [0.15, 0.2) is 23.1 Å². The van der Waals surface area contributed by atoms with Gasteiger partial charge in [-0.25, -0.2) is 0 Å². The van der Waals surface area contributed by atoms with Crippen LogP contribution in [0, 0.1) is 0 Å². The molecule has 0 aliphatic carbocycles. The van der Waals surface area contributed by atoms with Crippen molar-refractivity contribution in [3.8, 4) is 0 Å². The highest BCUT2D eigenvalue weighted by molar-refractivity contribution is 5.75. The molecule has 0 unspecified atom stereocenters. The van der Waals surface area contributed by atoms with Crippen molar-refractivity contribution in [1.82, 2.24) is 4.57 Å². The minimum Gasteiger partial charge on any atom is -0.308 e. The van der Waals surface area contributed by atoms with Gasteiger partial charge in [-0.15, -0.1) is 0 Å². The number of carbonyl (C=O) groups excluding carboxylic acids is 1. The van der Waals surface area contributed by atoms with Gasteiger partial charge in [0.25, 0.3) is 5.56 Å². The molecule has 1 rings (SSSR count). The Morgan fingerprint density at radius 3 is 2.64 bits per heavy atom. The number of hydrogen-bond donors (Lipinski definition) is 0. The number of carbonyl (C=O) groups is 1. The van der Waals surface area contributed by atoms with E-state index in [1.807, 2.05) is 19.9 Å². The molecule has 0 saturated heterocycles. The smallest absolute Gasteiger partial charge is 0.254 e. The van der Waals surface area contributed by atoms with Crippen LogP contribution >= 0.6 is 0 Å². The summed E-state index contributed by atoms with van der Waals surface area (Å²) in [5, 5.41) is 0. The van der Waals surface area contributed by atoms with Gasteiger partial charge in [-0.1, -0.05) is 19.9 Å². The van der Waals surface area contributed by atoms with E-state index in [2.05, 4.69) is 0 Å². The molecular weight excluding hydrogens is 178 g/mol. The second-order valence-electron chi connectivity index (χ2n) is 3.75. The third-order valence-corrected chi connectivity index (χ3v) is 2.06. The zero-order valence-electron chi connectivity index (χ0n) is 8.78. The summed E-state index contributed by atoms with van der Waals surface area (Å²) in [5.41, 5.74) is 0.700. The molecule has 0 atom stereocenters. The predicted octanol–water partition coefficient (Wildman–Crippen LogP) is 1.56. The normalized spacial score (nSPS) is 10.6. The zero-order valence-corrected chi connectivity index (χ0v) is 8.78. The molecule has 3 nitrogen and oxygen atoms in total. The van der Waals surface area contributed by atoms with Crippen LogP contribution in [0.5, 0.6) is 0 Å². The SMILES string of the molecule is CC(=O)Cn1cccc(C(C)C)c1=O. The molecular formula is C11H15NO2. The van der Waals surface area contributed by atoms with E-state index in [0.29, 0.717) is 0 Å². The van der Waals surface area contributed by atoms with Gasteiger partial charge >= 0.3 is 0 Å². The Morgan fingerprint density at radius 1 is 1.50 bits per heavy atom. The van der Waals surface area contributed by atoms with Crippen molar-refractivity contribution in [2.24, 2.45) is 0 Å². The fourth-order valence-corrected chi connectivity index (χ4v) is 1.36. The third-order valence-electron chi connectivity index (χ3n) is 2.06. The first-order valence-corrected chi connectivity index (χ1v) is 4.71. The minimum absolute atomic E-state index is 0.00648. The van der Waals surface area contributed by atoms with Crippen molar-refractivity contribution in [1.29, 1.82) is 0 Å². The number of nitrogens with zero attached hydrogens (tertiary/aromatic N) is 1. The summed E-state index contributed by atoms with van der Waals surface area (Å²) in [6.45, 7) is 5.58. The molecule has 0 aromatic carbocycles. The summed E-state index contributed by atoms with van der Waals surface area (Å²) in [7, 11) is 0. The van der Waals surface area contributed by atoms with Crippen LogP contribution in [-0.2, 0) is 11.3 Å². The van der Waals surface area contributed by atoms with Gasteiger partial charge in [-0.2, -0.15) is 0 Å². The van der Waals surface area contributed by atoms with Gasteiger partial charge in [0.05, 0.1) is 6.54 Å². The summed E-state index contributed by atoms with van der Waals surface area (Å²) in [5.74, 6) is 0.190. The van der Waals surface area contributed by atoms with Gasteiger partial charge in [-0.05, 0) is 18.9 Å². The molecule has 0 amide bonds. The van der Waals surface area contributed by atoms with Crippen molar-refractivity contribution < 1.29 is 4.79 Å². The maximum atomic E-state index is 11.8. The molecule has 1 heterocycles. The largest absolute Gasteiger partial charge is 0.308 e. The van der Waals surface area contributed by atoms with Gasteiger partial charge in [0.1, 0.15) is 5.78 Å². The average Bonchev–Trinajstić information content (AvgIpc) is 2.07. The summed E-state index contributed by atoms with van der Waals surface area (Å²) >= 11 is 0. The molecule has 0 radical (unpaired) electrons. The second kappa shape index (κ2) is 4.22. The quantitative estimate of drug-likeness (QED) is 0.730. The first-order valence-electron chi connectivity index (χ1n) is 4.71. The van der Waals surface area contributed by atoms with Crippen molar-refractivity contribution >= 4 is 5.78 Å². The summed E-state index contributed by atoms with van der Waals surface area (Å²) in [4.78, 5) is 22.6. The van der Waals surface area contributed by atoms with Crippen LogP contribution in [0.2, 0.25) is 0 Å². The van der Waals surface area contributed by atoms with Crippen LogP contribution < -0.4 is 5.56 Å². The van der Waals surface area contributed by atoms with Crippen molar-refractivity contribution in [2.75, 3.05) is 0 Å². The first-order chi connectivity index (χ1) is 6.52. The average molecular weight is 193 g/mol. The Bertz CT molecular complexity index is 391. The van der Waals surface area contributed by atoms with Crippen molar-refractivity contribution in [3.63, 3.8) is 0 Å². The molecule has 0 spiro atoms. The monoisotopic (exact) mass is 193 g/mol. The second-order valence-corrected chi connectivity index (χ2v) is 3.75. The number of ketones is 1. The van der Waals surface area contributed by atoms with E-state index < -0.39 is 0 Å². The third kappa shape index (κ3) is 2.31. The van der Waals surface area contributed by atoms with Crippen LogP contribution in [0.1, 0.15) is 32.3 Å². The highest BCUT2D eigenvalue weighted by Crippen LogP contribution is 2.07. The Labute approximate surface area is 83.4 Å². The number of rotatable bonds is 3. The Hall–Kier alpha value is -1.38. The number of aromatic nitrogens is 1. The van der Waals surface area contributed by atoms with Gasteiger partial charge < -0.3 is 4.57 Å². The Morgan fingerprint density at radius 2 is 2.14 bits per heavy atom. The summed E-state index contributed by atoms with van der Waals surface area (Å²) in [6, 6.07) is 3.61. The van der Waals surface area contributed by atoms with E-state index in [0.717, 1.165) is 5.56 Å². The molecule has 14 heavy (non-hydrogen) atoms. The molecule has 1 aromatic heterocycles.